The van der Waals surface area contributed by atoms with Crippen LogP contribution in [0.2, 0.25) is 0 Å². The fourth-order valence-corrected chi connectivity index (χ4v) is 5.62. The van der Waals surface area contributed by atoms with E-state index >= 15 is 0 Å². The molecule has 0 atom stereocenters. The molecule has 0 aliphatic carbocycles. The van der Waals surface area contributed by atoms with Crippen LogP contribution in [-0.4, -0.2) is 71.0 Å². The average Bonchev–Trinajstić information content (AvgIpc) is 3.14. The summed E-state index contributed by atoms with van der Waals surface area (Å²) in [5, 5.41) is 7.87. The van der Waals surface area contributed by atoms with E-state index in [2.05, 4.69) is 27.4 Å². The Kier molecular flexibility index (Phi) is 6.08. The van der Waals surface area contributed by atoms with E-state index in [4.69, 9.17) is 4.74 Å². The molecule has 10 nitrogen and oxygen atoms in total. The molecule has 3 saturated heterocycles. The number of urea groups is 1. The molecule has 0 bridgehead atoms. The van der Waals surface area contributed by atoms with Gasteiger partial charge in [0, 0.05) is 57.3 Å². The number of likely N-dealkylation sites (tertiary alicyclic amines) is 1. The number of aromatic nitrogens is 2. The standard InChI is InChI=1S/C26H36N6O4/c1-25(2,3)36-24(35)31-15-10-26(11-16-31)8-13-30(14-9-26)18-5-6-19-20(17-18)29(4)28-22(19)32-12-7-21(33)27-23(32)34/h5-6,17H,7-16H2,1-4H3,(H,27,33,34). The molecule has 3 fully saturated rings. The number of anilines is 2. The third-order valence-electron chi connectivity index (χ3n) is 7.79. The molecule has 36 heavy (non-hydrogen) atoms. The molecule has 4 heterocycles. The van der Waals surface area contributed by atoms with E-state index in [0.717, 1.165) is 68.5 Å². The summed E-state index contributed by atoms with van der Waals surface area (Å²) in [6, 6.07) is 5.85. The van der Waals surface area contributed by atoms with Gasteiger partial charge in [-0.2, -0.15) is 5.10 Å². The Morgan fingerprint density at radius 3 is 2.33 bits per heavy atom. The number of hydrogen-bond acceptors (Lipinski definition) is 6. The third kappa shape index (κ3) is 4.73. The summed E-state index contributed by atoms with van der Waals surface area (Å²) < 4.78 is 7.36. The van der Waals surface area contributed by atoms with E-state index in [-0.39, 0.29) is 23.8 Å². The minimum atomic E-state index is -0.466. The molecule has 1 N–H and O–H groups in total. The Hall–Kier alpha value is -3.30. The van der Waals surface area contributed by atoms with E-state index in [0.29, 0.717) is 12.4 Å². The van der Waals surface area contributed by atoms with Gasteiger partial charge >= 0.3 is 12.1 Å². The van der Waals surface area contributed by atoms with Gasteiger partial charge in [-0.15, -0.1) is 0 Å². The van der Waals surface area contributed by atoms with Crippen molar-refractivity contribution in [1.82, 2.24) is 20.0 Å². The number of nitrogens with one attached hydrogen (secondary N) is 1. The van der Waals surface area contributed by atoms with Crippen molar-refractivity contribution in [2.45, 2.75) is 58.5 Å². The summed E-state index contributed by atoms with van der Waals surface area (Å²) >= 11 is 0. The fourth-order valence-electron chi connectivity index (χ4n) is 5.62. The van der Waals surface area contributed by atoms with Crippen molar-refractivity contribution in [2.75, 3.05) is 42.5 Å². The number of imide groups is 1. The largest absolute Gasteiger partial charge is 0.444 e. The minimum Gasteiger partial charge on any atom is -0.444 e. The number of carbonyl (C=O) groups excluding carboxylic acids is 3. The highest BCUT2D eigenvalue weighted by molar-refractivity contribution is 6.09. The second-order valence-corrected chi connectivity index (χ2v) is 11.4. The topological polar surface area (TPSA) is 100 Å². The van der Waals surface area contributed by atoms with E-state index in [9.17, 15) is 14.4 Å². The van der Waals surface area contributed by atoms with Crippen molar-refractivity contribution < 1.29 is 19.1 Å². The lowest BCUT2D eigenvalue weighted by Gasteiger charge is -2.47. The van der Waals surface area contributed by atoms with Crippen LogP contribution in [0, 0.1) is 5.41 Å². The van der Waals surface area contributed by atoms with Crippen molar-refractivity contribution in [3.63, 3.8) is 0 Å². The molecular weight excluding hydrogens is 460 g/mol. The van der Waals surface area contributed by atoms with Crippen LogP contribution >= 0.6 is 0 Å². The number of amides is 4. The Morgan fingerprint density at radius 2 is 1.69 bits per heavy atom. The number of hydrogen-bond donors (Lipinski definition) is 1. The first-order chi connectivity index (χ1) is 17.0. The lowest BCUT2D eigenvalue weighted by molar-refractivity contribution is -0.120. The molecule has 1 aromatic heterocycles. The Balaban J connectivity index is 1.23. The lowest BCUT2D eigenvalue weighted by atomic mass is 9.71. The van der Waals surface area contributed by atoms with Gasteiger partial charge < -0.3 is 14.5 Å². The number of carbonyl (C=O) groups is 3. The first-order valence-electron chi connectivity index (χ1n) is 12.8. The van der Waals surface area contributed by atoms with Crippen LogP contribution in [0.15, 0.2) is 18.2 Å². The third-order valence-corrected chi connectivity index (χ3v) is 7.79. The Morgan fingerprint density at radius 1 is 1.03 bits per heavy atom. The van der Waals surface area contributed by atoms with Gasteiger partial charge in [-0.1, -0.05) is 0 Å². The minimum absolute atomic E-state index is 0.202. The number of ether oxygens (including phenoxy) is 1. The fraction of sp³-hybridized carbons (Fsp3) is 0.615. The molecular formula is C26H36N6O4. The monoisotopic (exact) mass is 496 g/mol. The van der Waals surface area contributed by atoms with Crippen LogP contribution in [0.1, 0.15) is 52.9 Å². The highest BCUT2D eigenvalue weighted by Gasteiger charge is 2.39. The van der Waals surface area contributed by atoms with Crippen LogP contribution in [0.25, 0.3) is 10.9 Å². The van der Waals surface area contributed by atoms with Gasteiger partial charge in [0.15, 0.2) is 5.82 Å². The Bertz CT molecular complexity index is 1180. The van der Waals surface area contributed by atoms with E-state index < -0.39 is 11.6 Å². The van der Waals surface area contributed by atoms with Crippen molar-refractivity contribution >= 4 is 40.4 Å². The summed E-state index contributed by atoms with van der Waals surface area (Å²) in [6.45, 7) is 9.51. The number of fused-ring (bicyclic) bond motifs is 1. The average molecular weight is 497 g/mol. The summed E-state index contributed by atoms with van der Waals surface area (Å²) in [6.07, 6.45) is 4.31. The van der Waals surface area contributed by atoms with Crippen LogP contribution in [-0.2, 0) is 16.6 Å². The van der Waals surface area contributed by atoms with Gasteiger partial charge in [0.2, 0.25) is 5.91 Å². The van der Waals surface area contributed by atoms with Gasteiger partial charge in [0.05, 0.1) is 5.52 Å². The SMILES string of the molecule is Cn1nc(N2CCC(=O)NC2=O)c2ccc(N3CCC4(CCN(C(=O)OC(C)(C)C)CC4)CC3)cc21. The molecule has 2 aromatic rings. The van der Waals surface area contributed by atoms with Crippen LogP contribution in [0.4, 0.5) is 21.1 Å². The molecule has 0 unspecified atom stereocenters. The first kappa shape index (κ1) is 24.4. The zero-order valence-corrected chi connectivity index (χ0v) is 21.7. The molecule has 3 aliphatic rings. The predicted octanol–water partition coefficient (Wildman–Crippen LogP) is 3.64. The summed E-state index contributed by atoms with van der Waals surface area (Å²) in [5.41, 5.74) is 1.93. The zero-order valence-electron chi connectivity index (χ0n) is 21.7. The highest BCUT2D eigenvalue weighted by atomic mass is 16.6. The Labute approximate surface area is 211 Å². The van der Waals surface area contributed by atoms with E-state index in [1.807, 2.05) is 38.8 Å². The smallest absolute Gasteiger partial charge is 0.410 e. The number of benzene rings is 1. The van der Waals surface area contributed by atoms with Crippen LogP contribution < -0.4 is 15.1 Å². The summed E-state index contributed by atoms with van der Waals surface area (Å²) in [4.78, 5) is 42.1. The number of rotatable bonds is 2. The molecule has 4 amide bonds. The predicted molar refractivity (Wildman–Crippen MR) is 137 cm³/mol. The van der Waals surface area contributed by atoms with Crippen molar-refractivity contribution in [1.29, 1.82) is 0 Å². The van der Waals surface area contributed by atoms with Gasteiger partial charge in [-0.3, -0.25) is 19.7 Å². The maximum absolute atomic E-state index is 12.4. The quantitative estimate of drug-likeness (QED) is 0.682. The highest BCUT2D eigenvalue weighted by Crippen LogP contribution is 2.43. The van der Waals surface area contributed by atoms with Gasteiger partial charge in [0.25, 0.3) is 0 Å². The van der Waals surface area contributed by atoms with Crippen LogP contribution in [0.5, 0.6) is 0 Å². The molecule has 3 aliphatic heterocycles. The molecule has 0 radical (unpaired) electrons. The zero-order chi connectivity index (χ0) is 25.7. The van der Waals surface area contributed by atoms with Crippen molar-refractivity contribution in [3.05, 3.63) is 18.2 Å². The van der Waals surface area contributed by atoms with Gasteiger partial charge in [-0.25, -0.2) is 9.59 Å². The normalized spacial score (nSPS) is 20.7. The van der Waals surface area contributed by atoms with Crippen molar-refractivity contribution in [3.8, 4) is 0 Å². The molecule has 1 spiro atoms. The molecule has 194 valence electrons. The van der Waals surface area contributed by atoms with Gasteiger partial charge in [-0.05, 0) is 70.1 Å². The molecule has 0 saturated carbocycles. The first-order valence-corrected chi connectivity index (χ1v) is 12.8. The summed E-state index contributed by atoms with van der Waals surface area (Å²) in [5.74, 6) is 0.329. The summed E-state index contributed by atoms with van der Waals surface area (Å²) in [7, 11) is 1.88. The van der Waals surface area contributed by atoms with E-state index in [1.165, 1.54) is 4.90 Å². The van der Waals surface area contributed by atoms with Gasteiger partial charge in [0.1, 0.15) is 5.60 Å². The van der Waals surface area contributed by atoms with Crippen molar-refractivity contribution in [2.24, 2.45) is 12.5 Å². The second kappa shape index (κ2) is 8.97. The second-order valence-electron chi connectivity index (χ2n) is 11.4. The maximum Gasteiger partial charge on any atom is 0.410 e. The number of aryl methyl sites for hydroxylation is 1. The van der Waals surface area contributed by atoms with Crippen LogP contribution in [0.3, 0.4) is 0 Å². The lowest BCUT2D eigenvalue weighted by Crippen LogP contribution is -2.49. The molecule has 1 aromatic carbocycles. The molecule has 10 heteroatoms. The number of nitrogens with zero attached hydrogens (tertiary/aromatic N) is 5. The van der Waals surface area contributed by atoms with E-state index in [1.54, 1.807) is 4.68 Å². The maximum atomic E-state index is 12.4. The number of piperidine rings is 2. The molecule has 5 rings (SSSR count).